The van der Waals surface area contributed by atoms with E-state index in [2.05, 4.69) is 15.0 Å². The molecule has 1 aliphatic heterocycles. The zero-order chi connectivity index (χ0) is 17.7. The van der Waals surface area contributed by atoms with Gasteiger partial charge in [0.25, 0.3) is 5.91 Å². The molecule has 1 saturated heterocycles. The first-order valence-electron chi connectivity index (χ1n) is 7.06. The average molecular weight is 336 g/mol. The van der Waals surface area contributed by atoms with E-state index < -0.39 is 30.0 Å². The molecule has 0 N–H and O–H groups in total. The zero-order valence-corrected chi connectivity index (χ0v) is 13.1. The number of aromatic nitrogens is 3. The number of rotatable bonds is 4. The summed E-state index contributed by atoms with van der Waals surface area (Å²) < 4.78 is 10.6. The SMILES string of the molecule is COC(=O)/C=C/C(=O)O[C@@H]1C[C@@H](C(=O)n2ccnn2)N(C(C)=O)C1. The Kier molecular flexibility index (Phi) is 5.40. The van der Waals surface area contributed by atoms with Crippen molar-refractivity contribution in [2.24, 2.45) is 0 Å². The summed E-state index contributed by atoms with van der Waals surface area (Å²) in [7, 11) is 1.18. The Bertz CT molecular complexity index is 669. The Morgan fingerprint density at radius 2 is 1.92 bits per heavy atom. The van der Waals surface area contributed by atoms with Crippen molar-refractivity contribution in [3.8, 4) is 0 Å². The van der Waals surface area contributed by atoms with Crippen molar-refractivity contribution in [2.45, 2.75) is 25.5 Å². The van der Waals surface area contributed by atoms with Crippen LogP contribution in [0.25, 0.3) is 0 Å². The normalized spacial score (nSPS) is 20.2. The highest BCUT2D eigenvalue weighted by Gasteiger charge is 2.40. The minimum absolute atomic E-state index is 0.0816. The standard InChI is InChI=1S/C14H16N4O6/c1-9(19)17-8-10(24-13(21)4-3-12(20)23-2)7-11(17)14(22)18-6-5-15-16-18/h3-6,10-11H,7-8H2,1-2H3/b4-3+/t10-,11+/m1/s1. The first-order chi connectivity index (χ1) is 11.4. The molecule has 1 fully saturated rings. The van der Waals surface area contributed by atoms with Gasteiger partial charge in [-0.3, -0.25) is 9.59 Å². The first kappa shape index (κ1) is 17.3. The van der Waals surface area contributed by atoms with Crippen LogP contribution in [0.3, 0.4) is 0 Å². The second-order valence-corrected chi connectivity index (χ2v) is 5.02. The molecular formula is C14H16N4O6. The van der Waals surface area contributed by atoms with Crippen LogP contribution in [0.4, 0.5) is 0 Å². The van der Waals surface area contributed by atoms with Gasteiger partial charge in [0.15, 0.2) is 0 Å². The van der Waals surface area contributed by atoms with Gasteiger partial charge >= 0.3 is 11.9 Å². The Morgan fingerprint density at radius 1 is 1.21 bits per heavy atom. The van der Waals surface area contributed by atoms with Crippen LogP contribution in [0.15, 0.2) is 24.5 Å². The van der Waals surface area contributed by atoms with Gasteiger partial charge in [0.2, 0.25) is 5.91 Å². The van der Waals surface area contributed by atoms with Gasteiger partial charge in [-0.25, -0.2) is 9.59 Å². The van der Waals surface area contributed by atoms with Gasteiger partial charge in [0.1, 0.15) is 12.1 Å². The van der Waals surface area contributed by atoms with Crippen molar-refractivity contribution >= 4 is 23.8 Å². The molecule has 0 spiro atoms. The minimum atomic E-state index is -0.799. The van der Waals surface area contributed by atoms with E-state index in [-0.39, 0.29) is 18.9 Å². The summed E-state index contributed by atoms with van der Waals surface area (Å²) in [4.78, 5) is 48.0. The molecule has 0 unspecified atom stereocenters. The summed E-state index contributed by atoms with van der Waals surface area (Å²) >= 11 is 0. The van der Waals surface area contributed by atoms with Crippen LogP contribution in [-0.4, -0.2) is 69.4 Å². The molecule has 0 aliphatic carbocycles. The Labute approximate surface area is 137 Å². The third kappa shape index (κ3) is 4.03. The van der Waals surface area contributed by atoms with Crippen LogP contribution >= 0.6 is 0 Å². The molecular weight excluding hydrogens is 320 g/mol. The van der Waals surface area contributed by atoms with Gasteiger partial charge in [0, 0.05) is 25.5 Å². The van der Waals surface area contributed by atoms with Crippen molar-refractivity contribution in [3.05, 3.63) is 24.5 Å². The van der Waals surface area contributed by atoms with Crippen molar-refractivity contribution < 1.29 is 28.7 Å². The lowest BCUT2D eigenvalue weighted by Gasteiger charge is -2.20. The number of hydrogen-bond donors (Lipinski definition) is 0. The monoisotopic (exact) mass is 336 g/mol. The van der Waals surface area contributed by atoms with E-state index in [0.717, 1.165) is 16.8 Å². The Balaban J connectivity index is 2.03. The summed E-state index contributed by atoms with van der Waals surface area (Å²) in [6.07, 6.45) is 4.05. The summed E-state index contributed by atoms with van der Waals surface area (Å²) in [5, 5.41) is 7.16. The number of carbonyl (C=O) groups is 4. The Morgan fingerprint density at radius 3 is 2.50 bits per heavy atom. The molecule has 0 saturated carbocycles. The summed E-state index contributed by atoms with van der Waals surface area (Å²) in [6, 6.07) is -0.799. The maximum atomic E-state index is 12.4. The lowest BCUT2D eigenvalue weighted by atomic mass is 10.2. The maximum Gasteiger partial charge on any atom is 0.331 e. The molecule has 2 heterocycles. The minimum Gasteiger partial charge on any atom is -0.466 e. The van der Waals surface area contributed by atoms with Crippen LogP contribution in [0, 0.1) is 0 Å². The predicted molar refractivity (Wildman–Crippen MR) is 77.5 cm³/mol. The predicted octanol–water partition coefficient (Wildman–Crippen LogP) is -0.820. The van der Waals surface area contributed by atoms with Crippen molar-refractivity contribution in [1.82, 2.24) is 19.9 Å². The molecule has 1 aromatic heterocycles. The number of ether oxygens (including phenoxy) is 2. The molecule has 0 bridgehead atoms. The quantitative estimate of drug-likeness (QED) is 0.516. The molecule has 10 nitrogen and oxygen atoms in total. The third-order valence-corrected chi connectivity index (χ3v) is 3.44. The highest BCUT2D eigenvalue weighted by atomic mass is 16.5. The van der Waals surface area contributed by atoms with Gasteiger partial charge in [0.05, 0.1) is 26.0 Å². The van der Waals surface area contributed by atoms with E-state index in [4.69, 9.17) is 4.74 Å². The van der Waals surface area contributed by atoms with E-state index in [1.165, 1.54) is 31.3 Å². The third-order valence-electron chi connectivity index (χ3n) is 3.44. The number of methoxy groups -OCH3 is 1. The van der Waals surface area contributed by atoms with E-state index in [1.807, 2.05) is 0 Å². The number of nitrogens with zero attached hydrogens (tertiary/aromatic N) is 4. The van der Waals surface area contributed by atoms with Crippen molar-refractivity contribution in [2.75, 3.05) is 13.7 Å². The molecule has 0 radical (unpaired) electrons. The lowest BCUT2D eigenvalue weighted by Crippen LogP contribution is -2.41. The molecule has 10 heteroatoms. The van der Waals surface area contributed by atoms with Crippen LogP contribution in [0.1, 0.15) is 18.1 Å². The molecule has 2 atom stereocenters. The molecule has 24 heavy (non-hydrogen) atoms. The van der Waals surface area contributed by atoms with Gasteiger partial charge in [-0.15, -0.1) is 5.10 Å². The van der Waals surface area contributed by atoms with Crippen LogP contribution < -0.4 is 0 Å². The largest absolute Gasteiger partial charge is 0.466 e. The van der Waals surface area contributed by atoms with Crippen molar-refractivity contribution in [1.29, 1.82) is 0 Å². The molecule has 1 aliphatic rings. The van der Waals surface area contributed by atoms with Gasteiger partial charge in [-0.1, -0.05) is 5.21 Å². The number of esters is 2. The van der Waals surface area contributed by atoms with Crippen LogP contribution in [0.5, 0.6) is 0 Å². The van der Waals surface area contributed by atoms with Crippen LogP contribution in [0.2, 0.25) is 0 Å². The zero-order valence-electron chi connectivity index (χ0n) is 13.1. The lowest BCUT2D eigenvalue weighted by molar-refractivity contribution is -0.144. The number of hydrogen-bond acceptors (Lipinski definition) is 8. The average Bonchev–Trinajstić information content (AvgIpc) is 3.21. The number of carbonyl (C=O) groups excluding carboxylic acids is 4. The van der Waals surface area contributed by atoms with E-state index in [1.54, 1.807) is 0 Å². The second kappa shape index (κ2) is 7.49. The second-order valence-electron chi connectivity index (χ2n) is 5.02. The van der Waals surface area contributed by atoms with Gasteiger partial charge in [-0.05, 0) is 0 Å². The Hall–Kier alpha value is -3.04. The fourth-order valence-corrected chi connectivity index (χ4v) is 2.35. The summed E-state index contributed by atoms with van der Waals surface area (Å²) in [5.41, 5.74) is 0. The topological polar surface area (TPSA) is 121 Å². The van der Waals surface area contributed by atoms with E-state index >= 15 is 0 Å². The fraction of sp³-hybridized carbons (Fsp3) is 0.429. The summed E-state index contributed by atoms with van der Waals surface area (Å²) in [6.45, 7) is 1.40. The fourth-order valence-electron chi connectivity index (χ4n) is 2.35. The van der Waals surface area contributed by atoms with Crippen LogP contribution in [-0.2, 0) is 23.9 Å². The maximum absolute atomic E-state index is 12.4. The van der Waals surface area contributed by atoms with Gasteiger partial charge < -0.3 is 14.4 Å². The molecule has 0 aromatic carbocycles. The smallest absolute Gasteiger partial charge is 0.331 e. The van der Waals surface area contributed by atoms with E-state index in [0.29, 0.717) is 0 Å². The number of likely N-dealkylation sites (tertiary alicyclic amines) is 1. The van der Waals surface area contributed by atoms with Crippen molar-refractivity contribution in [3.63, 3.8) is 0 Å². The number of amides is 1. The van der Waals surface area contributed by atoms with E-state index in [9.17, 15) is 19.2 Å². The molecule has 128 valence electrons. The summed E-state index contributed by atoms with van der Waals surface area (Å²) in [5.74, 6) is -2.21. The molecule has 1 aromatic rings. The van der Waals surface area contributed by atoms with Gasteiger partial charge in [-0.2, -0.15) is 4.68 Å². The highest BCUT2D eigenvalue weighted by molar-refractivity contribution is 5.92. The first-order valence-corrected chi connectivity index (χ1v) is 7.06. The molecule has 2 rings (SSSR count). The molecule has 1 amide bonds. The highest BCUT2D eigenvalue weighted by Crippen LogP contribution is 2.22.